The Kier molecular flexibility index (Phi) is 4.24. The second kappa shape index (κ2) is 6.72. The molecule has 0 aliphatic heterocycles. The minimum absolute atomic E-state index is 0.102. The predicted molar refractivity (Wildman–Crippen MR) is 104 cm³/mol. The summed E-state index contributed by atoms with van der Waals surface area (Å²) in [5, 5.41) is 0. The predicted octanol–water partition coefficient (Wildman–Crippen LogP) is 3.80. The Bertz CT molecular complexity index is 1130. The Morgan fingerprint density at radius 1 is 1.22 bits per heavy atom. The van der Waals surface area contributed by atoms with Crippen molar-refractivity contribution in [2.24, 2.45) is 0 Å². The standard InChI is InChI=1S/C21H20N4O2/c1-13-12-22-17(14(2)20(13)27-3)11-19(26)21-23-16-7-6-15(10-18(16)24-21)25-8-4-5-9-25/h4-10,12H,11H2,1-3H3,(H,23,24). The van der Waals surface area contributed by atoms with Gasteiger partial charge in [0, 0.05) is 35.4 Å². The molecule has 0 saturated carbocycles. The third kappa shape index (κ3) is 3.10. The van der Waals surface area contributed by atoms with Crippen LogP contribution >= 0.6 is 0 Å². The highest BCUT2D eigenvalue weighted by molar-refractivity contribution is 5.97. The second-order valence-electron chi connectivity index (χ2n) is 6.52. The number of aryl methyl sites for hydroxylation is 1. The number of methoxy groups -OCH3 is 1. The number of imidazole rings is 1. The number of nitrogens with one attached hydrogen (secondary N) is 1. The Labute approximate surface area is 156 Å². The molecule has 1 aromatic carbocycles. The summed E-state index contributed by atoms with van der Waals surface area (Å²) in [5.74, 6) is 1.01. The number of hydrogen-bond acceptors (Lipinski definition) is 4. The Morgan fingerprint density at radius 2 is 2.00 bits per heavy atom. The number of rotatable bonds is 5. The molecule has 3 aromatic heterocycles. The molecule has 0 aliphatic rings. The number of pyridine rings is 1. The number of aromatic amines is 1. The minimum atomic E-state index is -0.102. The van der Waals surface area contributed by atoms with Crippen LogP contribution in [0.3, 0.4) is 0 Å². The smallest absolute Gasteiger partial charge is 0.204 e. The number of hydrogen-bond donors (Lipinski definition) is 1. The quantitative estimate of drug-likeness (QED) is 0.550. The van der Waals surface area contributed by atoms with Gasteiger partial charge in [-0.15, -0.1) is 0 Å². The summed E-state index contributed by atoms with van der Waals surface area (Å²) < 4.78 is 7.42. The third-order valence-corrected chi connectivity index (χ3v) is 4.71. The van der Waals surface area contributed by atoms with E-state index in [0.29, 0.717) is 11.5 Å². The molecule has 4 rings (SSSR count). The molecule has 0 saturated heterocycles. The molecule has 4 aromatic rings. The summed E-state index contributed by atoms with van der Waals surface area (Å²) in [5.41, 5.74) is 5.13. The SMILES string of the molecule is COc1c(C)cnc(CC(=O)c2nc3cc(-n4cccc4)ccc3[nH]2)c1C. The molecule has 0 bridgehead atoms. The summed E-state index contributed by atoms with van der Waals surface area (Å²) in [6.45, 7) is 3.86. The Morgan fingerprint density at radius 3 is 2.74 bits per heavy atom. The number of Topliss-reactive ketones (excluding diaryl/α,β-unsaturated/α-hetero) is 1. The lowest BCUT2D eigenvalue weighted by atomic mass is 10.1. The molecular weight excluding hydrogens is 340 g/mol. The van der Waals surface area contributed by atoms with E-state index in [0.717, 1.165) is 33.6 Å². The molecule has 3 heterocycles. The number of H-pyrrole nitrogens is 1. The highest BCUT2D eigenvalue weighted by atomic mass is 16.5. The summed E-state index contributed by atoms with van der Waals surface area (Å²) in [7, 11) is 1.63. The van der Waals surface area contributed by atoms with E-state index in [1.165, 1.54) is 0 Å². The van der Waals surface area contributed by atoms with E-state index in [2.05, 4.69) is 15.0 Å². The maximum Gasteiger partial charge on any atom is 0.204 e. The van der Waals surface area contributed by atoms with Crippen LogP contribution in [-0.4, -0.2) is 32.4 Å². The van der Waals surface area contributed by atoms with Crippen molar-refractivity contribution in [3.63, 3.8) is 0 Å². The second-order valence-corrected chi connectivity index (χ2v) is 6.52. The molecule has 0 unspecified atom stereocenters. The van der Waals surface area contributed by atoms with Crippen molar-refractivity contribution in [2.45, 2.75) is 20.3 Å². The first-order valence-electron chi connectivity index (χ1n) is 8.72. The van der Waals surface area contributed by atoms with Gasteiger partial charge in [0.25, 0.3) is 0 Å². The van der Waals surface area contributed by atoms with Crippen LogP contribution in [-0.2, 0) is 6.42 Å². The number of aromatic nitrogens is 4. The summed E-state index contributed by atoms with van der Waals surface area (Å²) in [6, 6.07) is 9.82. The Hall–Kier alpha value is -3.41. The highest BCUT2D eigenvalue weighted by Gasteiger charge is 2.17. The van der Waals surface area contributed by atoms with E-state index < -0.39 is 0 Å². The minimum Gasteiger partial charge on any atom is -0.496 e. The van der Waals surface area contributed by atoms with E-state index in [1.807, 2.05) is 61.1 Å². The third-order valence-electron chi connectivity index (χ3n) is 4.71. The van der Waals surface area contributed by atoms with E-state index >= 15 is 0 Å². The monoisotopic (exact) mass is 360 g/mol. The normalized spacial score (nSPS) is 11.1. The zero-order valence-electron chi connectivity index (χ0n) is 15.5. The van der Waals surface area contributed by atoms with Gasteiger partial charge in [-0.05, 0) is 44.2 Å². The van der Waals surface area contributed by atoms with Gasteiger partial charge in [-0.2, -0.15) is 0 Å². The van der Waals surface area contributed by atoms with Gasteiger partial charge in [-0.25, -0.2) is 4.98 Å². The number of nitrogens with zero attached hydrogens (tertiary/aromatic N) is 3. The molecule has 0 amide bonds. The lowest BCUT2D eigenvalue weighted by Crippen LogP contribution is -2.09. The fourth-order valence-corrected chi connectivity index (χ4v) is 3.28. The van der Waals surface area contributed by atoms with Gasteiger partial charge in [0.05, 0.1) is 30.3 Å². The van der Waals surface area contributed by atoms with E-state index in [1.54, 1.807) is 13.3 Å². The maximum absolute atomic E-state index is 12.8. The largest absolute Gasteiger partial charge is 0.496 e. The van der Waals surface area contributed by atoms with Crippen molar-refractivity contribution in [3.8, 4) is 11.4 Å². The summed E-state index contributed by atoms with van der Waals surface area (Å²) in [6.07, 6.45) is 5.85. The zero-order chi connectivity index (χ0) is 19.0. The van der Waals surface area contributed by atoms with Crippen molar-refractivity contribution in [1.29, 1.82) is 0 Å². The first-order chi connectivity index (χ1) is 13.1. The molecule has 0 aliphatic carbocycles. The van der Waals surface area contributed by atoms with Crippen LogP contribution in [0.4, 0.5) is 0 Å². The van der Waals surface area contributed by atoms with Gasteiger partial charge in [0.2, 0.25) is 5.78 Å². The number of carbonyl (C=O) groups excluding carboxylic acids is 1. The van der Waals surface area contributed by atoms with Crippen LogP contribution < -0.4 is 4.74 Å². The number of ketones is 1. The van der Waals surface area contributed by atoms with E-state index in [4.69, 9.17) is 4.74 Å². The summed E-state index contributed by atoms with van der Waals surface area (Å²) in [4.78, 5) is 24.8. The van der Waals surface area contributed by atoms with Crippen LogP contribution in [0.1, 0.15) is 27.4 Å². The van der Waals surface area contributed by atoms with Gasteiger partial charge in [-0.1, -0.05) is 0 Å². The molecular formula is C21H20N4O2. The number of fused-ring (bicyclic) bond motifs is 1. The first-order valence-corrected chi connectivity index (χ1v) is 8.72. The van der Waals surface area contributed by atoms with Gasteiger partial charge in [0.15, 0.2) is 5.82 Å². The average Bonchev–Trinajstić information content (AvgIpc) is 3.33. The summed E-state index contributed by atoms with van der Waals surface area (Å²) >= 11 is 0. The van der Waals surface area contributed by atoms with Gasteiger partial charge in [-0.3, -0.25) is 9.78 Å². The molecule has 136 valence electrons. The van der Waals surface area contributed by atoms with E-state index in [9.17, 15) is 4.79 Å². The molecule has 6 heteroatoms. The Balaban J connectivity index is 1.63. The fourth-order valence-electron chi connectivity index (χ4n) is 3.28. The van der Waals surface area contributed by atoms with Crippen LogP contribution in [0.5, 0.6) is 5.75 Å². The molecule has 0 atom stereocenters. The maximum atomic E-state index is 12.8. The van der Waals surface area contributed by atoms with Crippen LogP contribution in [0.2, 0.25) is 0 Å². The number of benzene rings is 1. The lowest BCUT2D eigenvalue weighted by Gasteiger charge is -2.11. The molecule has 1 N–H and O–H groups in total. The van der Waals surface area contributed by atoms with Gasteiger partial charge >= 0.3 is 0 Å². The first kappa shape index (κ1) is 17.0. The zero-order valence-corrected chi connectivity index (χ0v) is 15.5. The van der Waals surface area contributed by atoms with Crippen LogP contribution in [0, 0.1) is 13.8 Å². The van der Waals surface area contributed by atoms with Gasteiger partial charge in [0.1, 0.15) is 5.75 Å². The number of carbonyl (C=O) groups is 1. The topological polar surface area (TPSA) is 72.8 Å². The molecule has 27 heavy (non-hydrogen) atoms. The van der Waals surface area contributed by atoms with E-state index in [-0.39, 0.29) is 12.2 Å². The van der Waals surface area contributed by atoms with Crippen LogP contribution in [0.15, 0.2) is 48.9 Å². The van der Waals surface area contributed by atoms with Crippen molar-refractivity contribution in [3.05, 3.63) is 71.6 Å². The van der Waals surface area contributed by atoms with Crippen molar-refractivity contribution in [2.75, 3.05) is 7.11 Å². The lowest BCUT2D eigenvalue weighted by molar-refractivity contribution is 0.0983. The van der Waals surface area contributed by atoms with Crippen molar-refractivity contribution >= 4 is 16.8 Å². The van der Waals surface area contributed by atoms with Crippen molar-refractivity contribution in [1.82, 2.24) is 19.5 Å². The molecule has 0 radical (unpaired) electrons. The number of ether oxygens (including phenoxy) is 1. The van der Waals surface area contributed by atoms with Gasteiger partial charge < -0.3 is 14.3 Å². The highest BCUT2D eigenvalue weighted by Crippen LogP contribution is 2.25. The average molecular weight is 360 g/mol. The fraction of sp³-hybridized carbons (Fsp3) is 0.190. The van der Waals surface area contributed by atoms with Crippen molar-refractivity contribution < 1.29 is 9.53 Å². The molecule has 0 fully saturated rings. The van der Waals surface area contributed by atoms with Crippen LogP contribution in [0.25, 0.3) is 16.7 Å². The molecule has 6 nitrogen and oxygen atoms in total. The molecule has 0 spiro atoms.